The average molecular weight is 338 g/mol. The molecule has 4 saturated carbocycles. The largest absolute Gasteiger partial charge is 0.458 e. The molecule has 4 fully saturated rings. The Labute approximate surface area is 128 Å². The summed E-state index contributed by atoms with van der Waals surface area (Å²) < 4.78 is 60.7. The van der Waals surface area contributed by atoms with Crippen molar-refractivity contribution in [1.29, 1.82) is 0 Å². The lowest BCUT2D eigenvalue weighted by molar-refractivity contribution is -0.166. The van der Waals surface area contributed by atoms with Gasteiger partial charge in [0.25, 0.3) is 0 Å². The van der Waals surface area contributed by atoms with Gasteiger partial charge in [0.05, 0.1) is 5.41 Å². The Hall–Kier alpha value is -0.760. The number of alkyl halides is 2. The summed E-state index contributed by atoms with van der Waals surface area (Å²) in [5, 5.41) is -4.46. The molecular formula is C14H20F2O5S. The highest BCUT2D eigenvalue weighted by Crippen LogP contribution is 2.57. The van der Waals surface area contributed by atoms with Crippen molar-refractivity contribution in [2.24, 2.45) is 23.2 Å². The molecule has 5 nitrogen and oxygen atoms in total. The third kappa shape index (κ3) is 2.75. The molecule has 0 aromatic heterocycles. The maximum Gasteiger partial charge on any atom is 0.402 e. The molecule has 0 radical (unpaired) electrons. The molecule has 2 unspecified atom stereocenters. The molecule has 4 rings (SSSR count). The van der Waals surface area contributed by atoms with Crippen molar-refractivity contribution >= 4 is 16.1 Å². The normalized spacial score (nSPS) is 37.9. The topological polar surface area (TPSA) is 80.7 Å². The Morgan fingerprint density at radius 2 is 1.73 bits per heavy atom. The Morgan fingerprint density at radius 1 is 1.18 bits per heavy atom. The zero-order valence-electron chi connectivity index (χ0n) is 12.1. The second-order valence-electron chi connectivity index (χ2n) is 7.22. The number of carbonyl (C=O) groups is 1. The van der Waals surface area contributed by atoms with Gasteiger partial charge < -0.3 is 4.74 Å². The number of ether oxygens (including phenoxy) is 1. The number of hydrogen-bond acceptors (Lipinski definition) is 4. The van der Waals surface area contributed by atoms with Crippen molar-refractivity contribution in [3.05, 3.63) is 0 Å². The SMILES string of the molecule is O=C(OCC(F)(F)S(=O)(=O)O)C12CCC3CC(CC(C3)C1)C2. The number of halogens is 2. The summed E-state index contributed by atoms with van der Waals surface area (Å²) >= 11 is 0. The number of hydrogen-bond donors (Lipinski definition) is 1. The second-order valence-corrected chi connectivity index (χ2v) is 8.77. The minimum absolute atomic E-state index is 0.439. The number of fused-ring (bicyclic) bond motifs is 1. The first-order valence-electron chi connectivity index (χ1n) is 7.63. The minimum atomic E-state index is -5.57. The molecule has 0 aromatic rings. The van der Waals surface area contributed by atoms with Gasteiger partial charge in [-0.1, -0.05) is 0 Å². The first-order valence-corrected chi connectivity index (χ1v) is 9.07. The van der Waals surface area contributed by atoms with E-state index in [1.54, 1.807) is 0 Å². The fourth-order valence-corrected chi connectivity index (χ4v) is 5.00. The minimum Gasteiger partial charge on any atom is -0.458 e. The van der Waals surface area contributed by atoms with Gasteiger partial charge in [0, 0.05) is 0 Å². The van der Waals surface area contributed by atoms with E-state index in [0.29, 0.717) is 37.0 Å². The average Bonchev–Trinajstić information content (AvgIpc) is 2.60. The van der Waals surface area contributed by atoms with Crippen LogP contribution >= 0.6 is 0 Å². The Kier molecular flexibility index (Phi) is 3.75. The van der Waals surface area contributed by atoms with E-state index in [2.05, 4.69) is 4.74 Å². The van der Waals surface area contributed by atoms with Gasteiger partial charge in [0.15, 0.2) is 6.61 Å². The Bertz CT molecular complexity index is 560. The molecule has 0 heterocycles. The zero-order valence-corrected chi connectivity index (χ0v) is 12.9. The summed E-state index contributed by atoms with van der Waals surface area (Å²) in [6.45, 7) is -1.62. The third-order valence-electron chi connectivity index (χ3n) is 5.57. The number of rotatable bonds is 4. The Balaban J connectivity index is 1.72. The second kappa shape index (κ2) is 5.12. The fourth-order valence-electron chi connectivity index (χ4n) is 4.79. The molecule has 4 aliphatic carbocycles. The summed E-state index contributed by atoms with van der Waals surface area (Å²) in [4.78, 5) is 12.4. The monoisotopic (exact) mass is 338 g/mol. The molecule has 2 atom stereocenters. The predicted octanol–water partition coefficient (Wildman–Crippen LogP) is 2.62. The maximum atomic E-state index is 13.2. The summed E-state index contributed by atoms with van der Waals surface area (Å²) in [6, 6.07) is 0. The van der Waals surface area contributed by atoms with Crippen molar-refractivity contribution in [2.45, 2.75) is 50.2 Å². The molecule has 0 amide bonds. The van der Waals surface area contributed by atoms with E-state index in [-0.39, 0.29) is 0 Å². The number of carbonyl (C=O) groups excluding carboxylic acids is 1. The highest BCUT2D eigenvalue weighted by Gasteiger charge is 2.53. The van der Waals surface area contributed by atoms with Crippen LogP contribution in [0.25, 0.3) is 0 Å². The molecule has 8 heteroatoms. The highest BCUT2D eigenvalue weighted by molar-refractivity contribution is 7.86. The standard InChI is InChI=1S/C14H20F2O5S/c15-14(16,22(18,19)20)8-21-12(17)13-2-1-9-3-10(6-13)5-11(4-9)7-13/h9-11H,1-8H2,(H,18,19,20). The van der Waals surface area contributed by atoms with E-state index >= 15 is 0 Å². The van der Waals surface area contributed by atoms with Crippen LogP contribution in [0.5, 0.6) is 0 Å². The Morgan fingerprint density at radius 3 is 2.27 bits per heavy atom. The lowest BCUT2D eigenvalue weighted by atomic mass is 9.61. The van der Waals surface area contributed by atoms with Gasteiger partial charge in [0.2, 0.25) is 0 Å². The van der Waals surface area contributed by atoms with Gasteiger partial charge in [-0.15, -0.1) is 0 Å². The summed E-state index contributed by atoms with van der Waals surface area (Å²) in [5.74, 6) is 0.762. The molecule has 4 aliphatic rings. The van der Waals surface area contributed by atoms with Gasteiger partial charge in [0.1, 0.15) is 0 Å². The van der Waals surface area contributed by atoms with Gasteiger partial charge >= 0.3 is 21.3 Å². The van der Waals surface area contributed by atoms with Crippen molar-refractivity contribution in [3.63, 3.8) is 0 Å². The smallest absolute Gasteiger partial charge is 0.402 e. The van der Waals surface area contributed by atoms with Gasteiger partial charge in [-0.25, -0.2) is 0 Å². The van der Waals surface area contributed by atoms with Gasteiger partial charge in [-0.2, -0.15) is 17.2 Å². The van der Waals surface area contributed by atoms with Crippen LogP contribution in [0.4, 0.5) is 8.78 Å². The van der Waals surface area contributed by atoms with Crippen molar-refractivity contribution in [3.8, 4) is 0 Å². The third-order valence-corrected chi connectivity index (χ3v) is 6.44. The predicted molar refractivity (Wildman–Crippen MR) is 72.7 cm³/mol. The summed E-state index contributed by atoms with van der Waals surface area (Å²) in [7, 11) is -5.57. The van der Waals surface area contributed by atoms with Crippen LogP contribution in [0.3, 0.4) is 0 Å². The lowest BCUT2D eigenvalue weighted by Crippen LogP contribution is -2.43. The molecule has 4 bridgehead atoms. The molecular weight excluding hydrogens is 318 g/mol. The zero-order chi connectivity index (χ0) is 16.2. The fraction of sp³-hybridized carbons (Fsp3) is 0.929. The van der Waals surface area contributed by atoms with Gasteiger partial charge in [-0.05, 0) is 62.7 Å². The quantitative estimate of drug-likeness (QED) is 0.629. The van der Waals surface area contributed by atoms with Crippen LogP contribution in [0.15, 0.2) is 0 Å². The van der Waals surface area contributed by atoms with E-state index < -0.39 is 33.4 Å². The molecule has 0 spiro atoms. The maximum absolute atomic E-state index is 13.2. The van der Waals surface area contributed by atoms with Crippen molar-refractivity contribution in [2.75, 3.05) is 6.61 Å². The molecule has 0 aromatic carbocycles. The van der Waals surface area contributed by atoms with Crippen molar-refractivity contribution in [1.82, 2.24) is 0 Å². The van der Waals surface area contributed by atoms with Crippen LogP contribution in [-0.2, 0) is 19.6 Å². The van der Waals surface area contributed by atoms with E-state index in [0.717, 1.165) is 25.7 Å². The van der Waals surface area contributed by atoms with E-state index in [4.69, 9.17) is 4.55 Å². The van der Waals surface area contributed by atoms with Crippen LogP contribution in [-0.4, -0.2) is 30.8 Å². The molecule has 0 saturated heterocycles. The van der Waals surface area contributed by atoms with Crippen LogP contribution in [0, 0.1) is 23.2 Å². The van der Waals surface area contributed by atoms with E-state index in [1.807, 2.05) is 0 Å². The first-order chi connectivity index (χ1) is 10.1. The number of esters is 1. The molecule has 0 aliphatic heterocycles. The van der Waals surface area contributed by atoms with Crippen LogP contribution < -0.4 is 0 Å². The van der Waals surface area contributed by atoms with E-state index in [1.165, 1.54) is 0 Å². The van der Waals surface area contributed by atoms with Crippen LogP contribution in [0.1, 0.15) is 44.9 Å². The molecule has 126 valence electrons. The van der Waals surface area contributed by atoms with Crippen LogP contribution in [0.2, 0.25) is 0 Å². The molecule has 1 N–H and O–H groups in total. The lowest BCUT2D eigenvalue weighted by Gasteiger charge is -2.43. The first kappa shape index (κ1) is 16.1. The van der Waals surface area contributed by atoms with E-state index in [9.17, 15) is 22.0 Å². The molecule has 22 heavy (non-hydrogen) atoms. The van der Waals surface area contributed by atoms with Crippen molar-refractivity contribution < 1.29 is 31.3 Å². The summed E-state index contributed by atoms with van der Waals surface area (Å²) in [6.07, 6.45) is 6.09. The van der Waals surface area contributed by atoms with Gasteiger partial charge in [-0.3, -0.25) is 9.35 Å². The highest BCUT2D eigenvalue weighted by atomic mass is 32.2. The summed E-state index contributed by atoms with van der Waals surface area (Å²) in [5.41, 5.74) is -0.742.